The minimum Gasteiger partial charge on any atom is -0.506 e. The molecule has 326 valence electrons. The van der Waals surface area contributed by atoms with Crippen LogP contribution in [0.5, 0.6) is 0 Å². The molecular formula is C56H64B2N4O2. The topological polar surface area (TPSA) is 85.8 Å². The molecule has 4 N–H and O–H groups in total. The van der Waals surface area contributed by atoms with Crippen LogP contribution in [0.15, 0.2) is 120 Å². The Morgan fingerprint density at radius 3 is 1.72 bits per heavy atom. The van der Waals surface area contributed by atoms with Crippen molar-refractivity contribution in [2.75, 3.05) is 15.7 Å². The smallest absolute Gasteiger partial charge is 0.427 e. The fraction of sp³-hybridized carbons (Fsp3) is 0.357. The van der Waals surface area contributed by atoms with Crippen LogP contribution in [0.1, 0.15) is 110 Å². The first-order valence-electron chi connectivity index (χ1n) is 24.2. The summed E-state index contributed by atoms with van der Waals surface area (Å²) in [6.07, 6.45) is 12.3. The lowest BCUT2D eigenvalue weighted by molar-refractivity contribution is -0.109. The molecule has 64 heavy (non-hydrogen) atoms. The molecule has 0 saturated carbocycles. The fourth-order valence-electron chi connectivity index (χ4n) is 10.2. The van der Waals surface area contributed by atoms with Gasteiger partial charge in [-0.3, -0.25) is 4.79 Å². The normalized spacial score (nSPS) is 16.2. The first kappa shape index (κ1) is 43.5. The van der Waals surface area contributed by atoms with E-state index in [9.17, 15) is 9.90 Å². The van der Waals surface area contributed by atoms with Gasteiger partial charge in [-0.1, -0.05) is 177 Å². The summed E-state index contributed by atoms with van der Waals surface area (Å²) in [5.41, 5.74) is 9.06. The van der Waals surface area contributed by atoms with E-state index >= 15 is 0 Å². The number of Topliss-reactive ketones (excluding diaryl/α,β-unsaturated/α-hetero) is 1. The minimum atomic E-state index is -0.334. The van der Waals surface area contributed by atoms with Crippen LogP contribution in [0.25, 0.3) is 32.7 Å². The van der Waals surface area contributed by atoms with Gasteiger partial charge in [-0.05, 0) is 94.3 Å². The van der Waals surface area contributed by atoms with Gasteiger partial charge in [-0.15, -0.1) is 0 Å². The molecule has 3 aliphatic rings. The number of rotatable bonds is 17. The lowest BCUT2D eigenvalue weighted by atomic mass is 9.65. The van der Waals surface area contributed by atoms with Crippen LogP contribution in [-0.2, 0) is 17.6 Å². The number of anilines is 3. The van der Waals surface area contributed by atoms with E-state index in [0.29, 0.717) is 27.8 Å². The van der Waals surface area contributed by atoms with Gasteiger partial charge < -0.3 is 25.7 Å². The van der Waals surface area contributed by atoms with Gasteiger partial charge >= 0.3 is 14.0 Å². The molecule has 2 atom stereocenters. The minimum absolute atomic E-state index is 0.0129. The van der Waals surface area contributed by atoms with E-state index in [-0.39, 0.29) is 25.5 Å². The van der Waals surface area contributed by atoms with E-state index in [0.717, 1.165) is 85.5 Å². The zero-order valence-electron chi connectivity index (χ0n) is 38.7. The Morgan fingerprint density at radius 1 is 0.562 bits per heavy atom. The maximum atomic E-state index is 14.6. The SMILES string of the molecule is CC(C)CCCC(C)CCc1ccc(B2N=c3/c(=C4\C(=O)C(c5ccc6cccc7c6c5NB(c5ccc(CCC(C)CCCC(C)C)cc5)N7)=C4O)ccc4cccc(c34)N2)cc1. The molecule has 2 aliphatic heterocycles. The quantitative estimate of drug-likeness (QED) is 0.0687. The molecule has 6 aromatic carbocycles. The van der Waals surface area contributed by atoms with Gasteiger partial charge in [0.05, 0.1) is 16.5 Å². The summed E-state index contributed by atoms with van der Waals surface area (Å²) in [5.74, 6) is 2.80. The Kier molecular flexibility index (Phi) is 12.8. The number of aliphatic hydroxyl groups excluding tert-OH is 1. The molecule has 1 aliphatic carbocycles. The number of carbonyl (C=O) groups excluding carboxylic acids is 1. The highest BCUT2D eigenvalue weighted by molar-refractivity contribution is 6.80. The summed E-state index contributed by atoms with van der Waals surface area (Å²) in [4.78, 5) is 19.9. The van der Waals surface area contributed by atoms with Gasteiger partial charge in [0, 0.05) is 38.6 Å². The Labute approximate surface area is 381 Å². The molecule has 0 bridgehead atoms. The number of nitrogens with one attached hydrogen (secondary N) is 3. The summed E-state index contributed by atoms with van der Waals surface area (Å²) in [6.45, 7) is 13.4. The largest absolute Gasteiger partial charge is 0.506 e. The highest BCUT2D eigenvalue weighted by atomic mass is 16.3. The van der Waals surface area contributed by atoms with Crippen molar-refractivity contribution in [1.82, 2.24) is 0 Å². The molecule has 2 unspecified atom stereocenters. The molecule has 6 nitrogen and oxygen atoms in total. The van der Waals surface area contributed by atoms with Crippen molar-refractivity contribution in [3.8, 4) is 0 Å². The number of benzene rings is 6. The van der Waals surface area contributed by atoms with Crippen molar-refractivity contribution in [3.05, 3.63) is 142 Å². The van der Waals surface area contributed by atoms with Crippen LogP contribution in [-0.4, -0.2) is 24.9 Å². The van der Waals surface area contributed by atoms with E-state index in [4.69, 9.17) is 4.90 Å². The van der Waals surface area contributed by atoms with Gasteiger partial charge in [0.1, 0.15) is 5.76 Å². The molecule has 0 fully saturated rings. The molecule has 8 heteroatoms. The highest BCUT2D eigenvalue weighted by Gasteiger charge is 2.39. The molecule has 0 radical (unpaired) electrons. The number of aryl methyl sites for hydroxylation is 2. The molecule has 9 rings (SSSR count). The van der Waals surface area contributed by atoms with E-state index in [1.807, 2.05) is 24.3 Å². The third-order valence-electron chi connectivity index (χ3n) is 14.1. The molecule has 0 amide bonds. The van der Waals surface area contributed by atoms with Gasteiger partial charge in [-0.25, -0.2) is 0 Å². The van der Waals surface area contributed by atoms with E-state index in [1.54, 1.807) is 0 Å². The van der Waals surface area contributed by atoms with Crippen molar-refractivity contribution >= 4 is 80.4 Å². The maximum absolute atomic E-state index is 14.6. The number of aliphatic hydroxyl groups is 1. The number of hydrogen-bond acceptors (Lipinski definition) is 6. The molecule has 0 aromatic heterocycles. The zero-order chi connectivity index (χ0) is 44.5. The lowest BCUT2D eigenvalue weighted by Gasteiger charge is -2.31. The number of ketones is 1. The van der Waals surface area contributed by atoms with Gasteiger partial charge in [-0.2, -0.15) is 0 Å². The van der Waals surface area contributed by atoms with E-state index in [2.05, 4.69) is 142 Å². The van der Waals surface area contributed by atoms with Gasteiger partial charge in [0.25, 0.3) is 0 Å². The number of allylic oxidation sites excluding steroid dienone is 2. The second kappa shape index (κ2) is 18.8. The fourth-order valence-corrected chi connectivity index (χ4v) is 10.2. The highest BCUT2D eigenvalue weighted by Crippen LogP contribution is 2.45. The first-order valence-corrected chi connectivity index (χ1v) is 24.2. The van der Waals surface area contributed by atoms with E-state index in [1.165, 1.54) is 62.5 Å². The Balaban J connectivity index is 0.998. The third-order valence-corrected chi connectivity index (χ3v) is 14.1. The van der Waals surface area contributed by atoms with Crippen LogP contribution < -0.4 is 37.2 Å². The summed E-state index contributed by atoms with van der Waals surface area (Å²) >= 11 is 0. The van der Waals surface area contributed by atoms with Gasteiger partial charge in [0.15, 0.2) is 0 Å². The predicted octanol–water partition coefficient (Wildman–Crippen LogP) is 11.2. The van der Waals surface area contributed by atoms with Crippen LogP contribution >= 0.6 is 0 Å². The van der Waals surface area contributed by atoms with Crippen LogP contribution in [0.4, 0.5) is 17.1 Å². The van der Waals surface area contributed by atoms with Crippen LogP contribution in [0.2, 0.25) is 0 Å². The standard InChI is InChI=1S/C56H64B2N4O2/c1-35(2)11-7-13-37(5)19-21-39-23-29-43(30-24-39)57-59-47-17-9-15-41-27-33-45(53(61-57)49(41)47)51-55(63)52(56(51)64)46-34-28-42-16-10-18-48-50(42)54(46)62-58(60-48)44-31-25-40(26-32-44)22-20-38(6)14-8-12-36(3)4/h9-10,15-18,23-38,59-61,63H,7-8,11-14,19-22H2,1-6H3/b52-46-. The second-order valence-electron chi connectivity index (χ2n) is 20.0. The van der Waals surface area contributed by atoms with Crippen LogP contribution in [0.3, 0.4) is 0 Å². The average Bonchev–Trinajstić information content (AvgIpc) is 3.29. The molecule has 0 spiro atoms. The Morgan fingerprint density at radius 2 is 1.12 bits per heavy atom. The van der Waals surface area contributed by atoms with E-state index < -0.39 is 0 Å². The third kappa shape index (κ3) is 8.98. The van der Waals surface area contributed by atoms with Gasteiger partial charge in [0.2, 0.25) is 5.78 Å². The van der Waals surface area contributed by atoms with Crippen molar-refractivity contribution in [2.24, 2.45) is 28.6 Å². The molecular weight excluding hydrogens is 782 g/mol. The van der Waals surface area contributed by atoms with Crippen molar-refractivity contribution in [3.63, 3.8) is 0 Å². The summed E-state index contributed by atoms with van der Waals surface area (Å²) in [6, 6.07) is 38.3. The predicted molar refractivity (Wildman–Crippen MR) is 274 cm³/mol. The van der Waals surface area contributed by atoms with Crippen molar-refractivity contribution in [2.45, 2.75) is 106 Å². The number of carbonyl (C=O) groups is 1. The first-order chi connectivity index (χ1) is 31.0. The Hall–Kier alpha value is -5.75. The summed E-state index contributed by atoms with van der Waals surface area (Å²) in [7, 11) is 0. The zero-order valence-corrected chi connectivity index (χ0v) is 38.7. The van der Waals surface area contributed by atoms with Crippen molar-refractivity contribution < 1.29 is 9.90 Å². The van der Waals surface area contributed by atoms with Crippen molar-refractivity contribution in [1.29, 1.82) is 0 Å². The Bertz CT molecular complexity index is 2850. The number of hydrogen-bond donors (Lipinski definition) is 4. The van der Waals surface area contributed by atoms with Crippen LogP contribution in [0, 0.1) is 23.7 Å². The average molecular weight is 847 g/mol. The summed E-state index contributed by atoms with van der Waals surface area (Å²) in [5, 5.41) is 28.7. The molecule has 2 heterocycles. The monoisotopic (exact) mass is 847 g/mol. The summed E-state index contributed by atoms with van der Waals surface area (Å²) < 4.78 is 0. The molecule has 6 aromatic rings. The molecule has 0 saturated heterocycles. The lowest BCUT2D eigenvalue weighted by Crippen LogP contribution is -2.48. The maximum Gasteiger partial charge on any atom is 0.427 e. The second-order valence-corrected chi connectivity index (χ2v) is 20.0. The number of nitrogens with zero attached hydrogens (tertiary/aromatic N) is 1.